The standard InChI is InChI=1S/C25H24F3NO/c26-25(27,28)21-11-7-10-20(18-21)24(19-8-3-1-4-9-19)29-16-14-23(15-17-29)30-22-12-5-2-6-13-22/h1-13,18,23-24H,14-17H2. The number of hydrogen-bond acceptors (Lipinski definition) is 2. The van der Waals surface area contributed by atoms with Gasteiger partial charge in [0, 0.05) is 13.1 Å². The van der Waals surface area contributed by atoms with Crippen LogP contribution in [0.2, 0.25) is 0 Å². The number of ether oxygens (including phenoxy) is 1. The maximum absolute atomic E-state index is 13.3. The van der Waals surface area contributed by atoms with E-state index in [9.17, 15) is 13.2 Å². The minimum atomic E-state index is -4.35. The summed E-state index contributed by atoms with van der Waals surface area (Å²) in [7, 11) is 0. The Hall–Kier alpha value is -2.79. The summed E-state index contributed by atoms with van der Waals surface area (Å²) in [4.78, 5) is 2.26. The van der Waals surface area contributed by atoms with Crippen molar-refractivity contribution in [1.29, 1.82) is 0 Å². The monoisotopic (exact) mass is 411 g/mol. The van der Waals surface area contributed by atoms with Crippen molar-refractivity contribution in [2.45, 2.75) is 31.2 Å². The van der Waals surface area contributed by atoms with Gasteiger partial charge in [-0.1, -0.05) is 60.7 Å². The summed E-state index contributed by atoms with van der Waals surface area (Å²) in [5.74, 6) is 0.855. The van der Waals surface area contributed by atoms with E-state index in [1.165, 1.54) is 12.1 Å². The smallest absolute Gasteiger partial charge is 0.416 e. The number of rotatable bonds is 5. The Balaban J connectivity index is 1.55. The van der Waals surface area contributed by atoms with Crippen molar-refractivity contribution in [3.05, 3.63) is 102 Å². The fourth-order valence-electron chi connectivity index (χ4n) is 4.08. The van der Waals surface area contributed by atoms with Crippen LogP contribution >= 0.6 is 0 Å². The highest BCUT2D eigenvalue weighted by Crippen LogP contribution is 2.36. The quantitative estimate of drug-likeness (QED) is 0.486. The molecule has 3 aromatic carbocycles. The molecular weight excluding hydrogens is 387 g/mol. The fourth-order valence-corrected chi connectivity index (χ4v) is 4.08. The summed E-state index contributed by atoms with van der Waals surface area (Å²) in [6.07, 6.45) is -2.58. The molecule has 1 aliphatic rings. The Kier molecular flexibility index (Phi) is 6.09. The van der Waals surface area contributed by atoms with Crippen molar-refractivity contribution in [2.24, 2.45) is 0 Å². The van der Waals surface area contributed by atoms with E-state index in [4.69, 9.17) is 4.74 Å². The second-order valence-electron chi connectivity index (χ2n) is 7.60. The minimum Gasteiger partial charge on any atom is -0.490 e. The highest BCUT2D eigenvalue weighted by atomic mass is 19.4. The minimum absolute atomic E-state index is 0.113. The second kappa shape index (κ2) is 8.92. The zero-order valence-corrected chi connectivity index (χ0v) is 16.6. The van der Waals surface area contributed by atoms with Crippen LogP contribution in [0.3, 0.4) is 0 Å². The van der Waals surface area contributed by atoms with Crippen LogP contribution in [-0.4, -0.2) is 24.1 Å². The van der Waals surface area contributed by atoms with Crippen LogP contribution < -0.4 is 4.74 Å². The molecule has 1 fully saturated rings. The van der Waals surface area contributed by atoms with E-state index in [0.717, 1.165) is 43.3 Å². The third kappa shape index (κ3) is 4.85. The van der Waals surface area contributed by atoms with E-state index in [1.54, 1.807) is 6.07 Å². The van der Waals surface area contributed by atoms with Crippen LogP contribution in [0.25, 0.3) is 0 Å². The Morgan fingerprint density at radius 3 is 2.00 bits per heavy atom. The molecule has 1 atom stereocenters. The fraction of sp³-hybridized carbons (Fsp3) is 0.280. The second-order valence-corrected chi connectivity index (χ2v) is 7.60. The molecule has 0 N–H and O–H groups in total. The average Bonchev–Trinajstić information content (AvgIpc) is 2.76. The zero-order chi connectivity index (χ0) is 21.0. The van der Waals surface area contributed by atoms with E-state index in [1.807, 2.05) is 60.7 Å². The van der Waals surface area contributed by atoms with Gasteiger partial charge in [0.05, 0.1) is 11.6 Å². The predicted octanol–water partition coefficient (Wildman–Crippen LogP) is 6.34. The Morgan fingerprint density at radius 2 is 1.37 bits per heavy atom. The number of likely N-dealkylation sites (tertiary alicyclic amines) is 1. The largest absolute Gasteiger partial charge is 0.490 e. The molecule has 0 radical (unpaired) electrons. The van der Waals surface area contributed by atoms with Gasteiger partial charge in [0.25, 0.3) is 0 Å². The first kappa shape index (κ1) is 20.5. The molecule has 1 heterocycles. The number of piperidine rings is 1. The maximum Gasteiger partial charge on any atom is 0.416 e. The van der Waals surface area contributed by atoms with Gasteiger partial charge in [-0.15, -0.1) is 0 Å². The van der Waals surface area contributed by atoms with Crippen molar-refractivity contribution in [3.8, 4) is 5.75 Å². The Morgan fingerprint density at radius 1 is 0.767 bits per heavy atom. The number of alkyl halides is 3. The van der Waals surface area contributed by atoms with Gasteiger partial charge in [0.15, 0.2) is 0 Å². The van der Waals surface area contributed by atoms with Gasteiger partial charge in [-0.25, -0.2) is 0 Å². The molecule has 0 aromatic heterocycles. The van der Waals surface area contributed by atoms with E-state index < -0.39 is 11.7 Å². The number of hydrogen-bond donors (Lipinski definition) is 0. The van der Waals surface area contributed by atoms with Gasteiger partial charge in [-0.05, 0) is 48.2 Å². The predicted molar refractivity (Wildman–Crippen MR) is 111 cm³/mol. The average molecular weight is 411 g/mol. The first-order valence-electron chi connectivity index (χ1n) is 10.2. The highest BCUT2D eigenvalue weighted by Gasteiger charge is 2.33. The van der Waals surface area contributed by atoms with E-state index in [-0.39, 0.29) is 12.1 Å². The number of halogens is 3. The Labute approximate surface area is 174 Å². The van der Waals surface area contributed by atoms with Crippen LogP contribution in [0, 0.1) is 0 Å². The maximum atomic E-state index is 13.3. The normalized spacial score (nSPS) is 16.9. The van der Waals surface area contributed by atoms with E-state index in [0.29, 0.717) is 5.56 Å². The summed E-state index contributed by atoms with van der Waals surface area (Å²) in [6, 6.07) is 25.0. The van der Waals surface area contributed by atoms with Crippen LogP contribution in [0.4, 0.5) is 13.2 Å². The molecule has 0 bridgehead atoms. The van der Waals surface area contributed by atoms with Crippen LogP contribution in [0.15, 0.2) is 84.9 Å². The van der Waals surface area contributed by atoms with Gasteiger partial charge < -0.3 is 4.74 Å². The highest BCUT2D eigenvalue weighted by molar-refractivity contribution is 5.35. The van der Waals surface area contributed by atoms with Crippen molar-refractivity contribution in [2.75, 3.05) is 13.1 Å². The molecular formula is C25H24F3NO. The number of para-hydroxylation sites is 1. The molecule has 0 amide bonds. The van der Waals surface area contributed by atoms with Crippen LogP contribution in [-0.2, 0) is 6.18 Å². The lowest BCUT2D eigenvalue weighted by atomic mass is 9.93. The number of nitrogens with zero attached hydrogens (tertiary/aromatic N) is 1. The molecule has 5 heteroatoms. The lowest BCUT2D eigenvalue weighted by molar-refractivity contribution is -0.137. The summed E-state index contributed by atoms with van der Waals surface area (Å²) in [5.41, 5.74) is 1.06. The Bertz CT molecular complexity index is 935. The van der Waals surface area contributed by atoms with Gasteiger partial charge in [0.2, 0.25) is 0 Å². The summed E-state index contributed by atoms with van der Waals surface area (Å²) < 4.78 is 46.0. The summed E-state index contributed by atoms with van der Waals surface area (Å²) in [6.45, 7) is 1.51. The third-order valence-corrected chi connectivity index (χ3v) is 5.53. The molecule has 0 spiro atoms. The molecule has 30 heavy (non-hydrogen) atoms. The van der Waals surface area contributed by atoms with Gasteiger partial charge in [0.1, 0.15) is 11.9 Å². The van der Waals surface area contributed by atoms with Crippen molar-refractivity contribution in [3.63, 3.8) is 0 Å². The molecule has 156 valence electrons. The number of benzene rings is 3. The first-order chi connectivity index (χ1) is 14.5. The molecule has 1 unspecified atom stereocenters. The van der Waals surface area contributed by atoms with Crippen molar-refractivity contribution in [1.82, 2.24) is 4.90 Å². The molecule has 1 aliphatic heterocycles. The van der Waals surface area contributed by atoms with Crippen molar-refractivity contribution >= 4 is 0 Å². The van der Waals surface area contributed by atoms with E-state index >= 15 is 0 Å². The lowest BCUT2D eigenvalue weighted by Crippen LogP contribution is -2.40. The SMILES string of the molecule is FC(F)(F)c1cccc(C(c2ccccc2)N2CCC(Oc3ccccc3)CC2)c1. The van der Waals surface area contributed by atoms with Crippen molar-refractivity contribution < 1.29 is 17.9 Å². The first-order valence-corrected chi connectivity index (χ1v) is 10.2. The molecule has 0 aliphatic carbocycles. The molecule has 1 saturated heterocycles. The van der Waals surface area contributed by atoms with Gasteiger partial charge in [-0.2, -0.15) is 13.2 Å². The van der Waals surface area contributed by atoms with Gasteiger partial charge >= 0.3 is 6.18 Å². The lowest BCUT2D eigenvalue weighted by Gasteiger charge is -2.38. The third-order valence-electron chi connectivity index (χ3n) is 5.53. The zero-order valence-electron chi connectivity index (χ0n) is 16.6. The summed E-state index contributed by atoms with van der Waals surface area (Å²) >= 11 is 0. The summed E-state index contributed by atoms with van der Waals surface area (Å²) in [5, 5.41) is 0. The molecule has 4 rings (SSSR count). The van der Waals surface area contributed by atoms with Crippen LogP contribution in [0.5, 0.6) is 5.75 Å². The van der Waals surface area contributed by atoms with E-state index in [2.05, 4.69) is 4.90 Å². The topological polar surface area (TPSA) is 12.5 Å². The molecule has 3 aromatic rings. The molecule has 0 saturated carbocycles. The van der Waals surface area contributed by atoms with Crippen LogP contribution in [0.1, 0.15) is 35.6 Å². The molecule has 2 nitrogen and oxygen atoms in total. The van der Waals surface area contributed by atoms with Gasteiger partial charge in [-0.3, -0.25) is 4.90 Å².